The first kappa shape index (κ1) is 17.1. The van der Waals surface area contributed by atoms with Gasteiger partial charge in [0.05, 0.1) is 25.6 Å². The summed E-state index contributed by atoms with van der Waals surface area (Å²) in [5.41, 5.74) is 2.92. The number of ether oxygens (including phenoxy) is 1. The third kappa shape index (κ3) is 4.87. The Kier molecular flexibility index (Phi) is 5.95. The topological polar surface area (TPSA) is 113 Å². The molecule has 8 heteroatoms. The molecule has 0 aliphatic heterocycles. The molecule has 2 aromatic rings. The maximum Gasteiger partial charge on any atom is 0.287 e. The van der Waals surface area contributed by atoms with Crippen LogP contribution < -0.4 is 15.5 Å². The number of nitrogens with one attached hydrogen (secondary N) is 2. The van der Waals surface area contributed by atoms with Gasteiger partial charge in [-0.25, -0.2) is 5.43 Å². The zero-order valence-electron chi connectivity index (χ0n) is 13.0. The fraction of sp³-hybridized carbons (Fsp3) is 0.188. The molecule has 8 nitrogen and oxygen atoms in total. The quantitative estimate of drug-likeness (QED) is 0.522. The summed E-state index contributed by atoms with van der Waals surface area (Å²) in [5, 5.41) is 15.8. The highest BCUT2D eigenvalue weighted by atomic mass is 16.5. The van der Waals surface area contributed by atoms with E-state index >= 15 is 0 Å². The maximum absolute atomic E-state index is 11.6. The first-order valence-electron chi connectivity index (χ1n) is 7.19. The van der Waals surface area contributed by atoms with Gasteiger partial charge in [-0.3, -0.25) is 9.59 Å². The van der Waals surface area contributed by atoms with E-state index in [1.165, 1.54) is 24.6 Å². The Labute approximate surface area is 138 Å². The molecular weight excluding hydrogens is 314 g/mol. The summed E-state index contributed by atoms with van der Waals surface area (Å²) in [6.45, 7) is 1.98. The number of aromatic hydroxyl groups is 1. The predicted molar refractivity (Wildman–Crippen MR) is 86.1 cm³/mol. The number of phenolic OH excluding ortho intramolecular Hbond substituents is 1. The zero-order chi connectivity index (χ0) is 17.4. The summed E-state index contributed by atoms with van der Waals surface area (Å²) in [4.78, 5) is 23.2. The molecule has 0 saturated heterocycles. The lowest BCUT2D eigenvalue weighted by molar-refractivity contribution is -0.120. The zero-order valence-corrected chi connectivity index (χ0v) is 13.0. The van der Waals surface area contributed by atoms with E-state index in [1.54, 1.807) is 25.1 Å². The molecule has 126 valence electrons. The Morgan fingerprint density at radius 3 is 2.92 bits per heavy atom. The van der Waals surface area contributed by atoms with Crippen LogP contribution in [0.4, 0.5) is 0 Å². The lowest BCUT2D eigenvalue weighted by Gasteiger charge is -2.06. The van der Waals surface area contributed by atoms with Crippen molar-refractivity contribution in [2.45, 2.75) is 6.92 Å². The van der Waals surface area contributed by atoms with E-state index < -0.39 is 11.8 Å². The normalized spacial score (nSPS) is 10.5. The molecule has 0 radical (unpaired) electrons. The highest BCUT2D eigenvalue weighted by molar-refractivity contribution is 5.94. The third-order valence-electron chi connectivity index (χ3n) is 2.84. The summed E-state index contributed by atoms with van der Waals surface area (Å²) in [5.74, 6) is -0.495. The molecule has 0 fully saturated rings. The number of carbonyl (C=O) groups excluding carboxylic acids is 2. The second-order valence-corrected chi connectivity index (χ2v) is 4.61. The molecule has 3 N–H and O–H groups in total. The number of carbonyl (C=O) groups is 2. The fourth-order valence-electron chi connectivity index (χ4n) is 1.76. The molecule has 1 aromatic carbocycles. The number of rotatable bonds is 7. The Balaban J connectivity index is 1.82. The van der Waals surface area contributed by atoms with Crippen LogP contribution in [0.2, 0.25) is 0 Å². The van der Waals surface area contributed by atoms with Gasteiger partial charge in [-0.2, -0.15) is 5.10 Å². The number of hydrazone groups is 1. The molecular formula is C16H17N3O5. The number of benzene rings is 1. The van der Waals surface area contributed by atoms with Crippen LogP contribution in [0.1, 0.15) is 23.0 Å². The van der Waals surface area contributed by atoms with Crippen molar-refractivity contribution in [2.24, 2.45) is 5.10 Å². The third-order valence-corrected chi connectivity index (χ3v) is 2.84. The van der Waals surface area contributed by atoms with Gasteiger partial charge in [0.15, 0.2) is 17.3 Å². The minimum atomic E-state index is -0.491. The molecule has 24 heavy (non-hydrogen) atoms. The summed E-state index contributed by atoms with van der Waals surface area (Å²) in [6.07, 6.45) is 2.77. The second-order valence-electron chi connectivity index (χ2n) is 4.61. The lowest BCUT2D eigenvalue weighted by Crippen LogP contribution is -2.34. The molecule has 0 aliphatic carbocycles. The van der Waals surface area contributed by atoms with Crippen LogP contribution in [0.3, 0.4) is 0 Å². The van der Waals surface area contributed by atoms with E-state index in [9.17, 15) is 14.7 Å². The van der Waals surface area contributed by atoms with Gasteiger partial charge in [0, 0.05) is 0 Å². The van der Waals surface area contributed by atoms with Crippen molar-refractivity contribution in [3.63, 3.8) is 0 Å². The summed E-state index contributed by atoms with van der Waals surface area (Å²) in [6, 6.07) is 7.75. The smallest absolute Gasteiger partial charge is 0.287 e. The van der Waals surface area contributed by atoms with Gasteiger partial charge in [0.2, 0.25) is 0 Å². The average molecular weight is 331 g/mol. The Bertz CT molecular complexity index is 725. The van der Waals surface area contributed by atoms with Crippen molar-refractivity contribution in [2.75, 3.05) is 13.2 Å². The maximum atomic E-state index is 11.6. The molecule has 0 spiro atoms. The molecule has 0 atom stereocenters. The fourth-order valence-corrected chi connectivity index (χ4v) is 1.76. The Morgan fingerprint density at radius 1 is 1.38 bits per heavy atom. The SMILES string of the molecule is CCOc1cc(/C=N/NC(=O)CNC(=O)c2ccco2)ccc1O. The number of amides is 2. The molecule has 1 aromatic heterocycles. The summed E-state index contributed by atoms with van der Waals surface area (Å²) >= 11 is 0. The van der Waals surface area contributed by atoms with Gasteiger partial charge in [0.1, 0.15) is 0 Å². The number of hydrogen-bond acceptors (Lipinski definition) is 6. The van der Waals surface area contributed by atoms with E-state index in [0.29, 0.717) is 17.9 Å². The van der Waals surface area contributed by atoms with Gasteiger partial charge >= 0.3 is 0 Å². The molecule has 0 bridgehead atoms. The molecule has 2 rings (SSSR count). The number of furan rings is 1. The van der Waals surface area contributed by atoms with Crippen LogP contribution >= 0.6 is 0 Å². The standard InChI is InChI=1S/C16H17N3O5/c1-2-23-14-8-11(5-6-12(14)20)9-18-19-15(21)10-17-16(22)13-4-3-7-24-13/h3-9,20H,2,10H2,1H3,(H,17,22)(H,19,21)/b18-9+. The van der Waals surface area contributed by atoms with Crippen molar-refractivity contribution >= 4 is 18.0 Å². The summed E-state index contributed by atoms with van der Waals surface area (Å²) in [7, 11) is 0. The van der Waals surface area contributed by atoms with E-state index in [2.05, 4.69) is 15.8 Å². The molecule has 0 saturated carbocycles. The first-order valence-corrected chi connectivity index (χ1v) is 7.19. The van der Waals surface area contributed by atoms with Crippen molar-refractivity contribution in [1.82, 2.24) is 10.7 Å². The van der Waals surface area contributed by atoms with Gasteiger partial charge in [-0.1, -0.05) is 0 Å². The van der Waals surface area contributed by atoms with E-state index in [1.807, 2.05) is 0 Å². The second kappa shape index (κ2) is 8.37. The first-order chi connectivity index (χ1) is 11.6. The highest BCUT2D eigenvalue weighted by Gasteiger charge is 2.09. The predicted octanol–water partition coefficient (Wildman–Crippen LogP) is 1.26. The van der Waals surface area contributed by atoms with Gasteiger partial charge in [-0.05, 0) is 42.8 Å². The van der Waals surface area contributed by atoms with Crippen LogP contribution in [-0.4, -0.2) is 36.3 Å². The number of nitrogens with zero attached hydrogens (tertiary/aromatic N) is 1. The molecule has 2 amide bonds. The van der Waals surface area contributed by atoms with E-state index in [-0.39, 0.29) is 18.1 Å². The van der Waals surface area contributed by atoms with E-state index in [4.69, 9.17) is 9.15 Å². The number of phenols is 1. The highest BCUT2D eigenvalue weighted by Crippen LogP contribution is 2.26. The Hall–Kier alpha value is -3.29. The van der Waals surface area contributed by atoms with Gasteiger partial charge in [-0.15, -0.1) is 0 Å². The summed E-state index contributed by atoms with van der Waals surface area (Å²) < 4.78 is 10.2. The Morgan fingerprint density at radius 2 is 2.21 bits per heavy atom. The van der Waals surface area contributed by atoms with E-state index in [0.717, 1.165) is 0 Å². The minimum absolute atomic E-state index is 0.0266. The van der Waals surface area contributed by atoms with Crippen LogP contribution in [0.5, 0.6) is 11.5 Å². The van der Waals surface area contributed by atoms with Gasteiger partial charge in [0.25, 0.3) is 11.8 Å². The molecule has 0 aliphatic rings. The van der Waals surface area contributed by atoms with Crippen molar-refractivity contribution in [3.05, 3.63) is 47.9 Å². The van der Waals surface area contributed by atoms with Crippen LogP contribution in [-0.2, 0) is 4.79 Å². The van der Waals surface area contributed by atoms with Crippen LogP contribution in [0, 0.1) is 0 Å². The number of hydrogen-bond donors (Lipinski definition) is 3. The minimum Gasteiger partial charge on any atom is -0.504 e. The van der Waals surface area contributed by atoms with Crippen molar-refractivity contribution < 1.29 is 23.8 Å². The largest absolute Gasteiger partial charge is 0.504 e. The monoisotopic (exact) mass is 331 g/mol. The van der Waals surface area contributed by atoms with Crippen molar-refractivity contribution in [1.29, 1.82) is 0 Å². The van der Waals surface area contributed by atoms with Gasteiger partial charge < -0.3 is 19.6 Å². The lowest BCUT2D eigenvalue weighted by atomic mass is 10.2. The average Bonchev–Trinajstić information content (AvgIpc) is 3.10. The molecule has 1 heterocycles. The van der Waals surface area contributed by atoms with Crippen LogP contribution in [0.25, 0.3) is 0 Å². The van der Waals surface area contributed by atoms with Crippen LogP contribution in [0.15, 0.2) is 46.1 Å². The molecule has 0 unspecified atom stereocenters. The van der Waals surface area contributed by atoms with Crippen molar-refractivity contribution in [3.8, 4) is 11.5 Å².